The van der Waals surface area contributed by atoms with E-state index < -0.39 is 5.60 Å². The molecule has 0 atom stereocenters. The second-order valence-corrected chi connectivity index (χ2v) is 6.36. The topological polar surface area (TPSA) is 32.7 Å². The molecular weight excluding hydrogens is 262 g/mol. The number of nitrogens with zero attached hydrogens (tertiary/aromatic N) is 1. The van der Waals surface area contributed by atoms with E-state index in [2.05, 4.69) is 37.9 Å². The Labute approximate surface area is 128 Å². The third kappa shape index (κ3) is 2.82. The molecule has 1 aromatic rings. The van der Waals surface area contributed by atoms with Crippen LogP contribution in [0.3, 0.4) is 0 Å². The minimum atomic E-state index is -0.652. The van der Waals surface area contributed by atoms with Gasteiger partial charge in [0.05, 0.1) is 12.7 Å². The van der Waals surface area contributed by atoms with Gasteiger partial charge in [0.1, 0.15) is 5.75 Å². The monoisotopic (exact) mass is 291 g/mol. The van der Waals surface area contributed by atoms with Crippen LogP contribution in [-0.2, 0) is 5.41 Å². The van der Waals surface area contributed by atoms with Gasteiger partial charge in [0.15, 0.2) is 0 Å². The lowest BCUT2D eigenvalue weighted by molar-refractivity contribution is -0.0710. The molecule has 118 valence electrons. The molecule has 1 aliphatic rings. The van der Waals surface area contributed by atoms with Crippen LogP contribution in [-0.4, -0.2) is 42.9 Å². The fraction of sp³-hybridized carbons (Fsp3) is 0.667. The molecule has 21 heavy (non-hydrogen) atoms. The maximum atomic E-state index is 11.3. The van der Waals surface area contributed by atoms with Gasteiger partial charge in [-0.2, -0.15) is 0 Å². The van der Waals surface area contributed by atoms with E-state index in [9.17, 15) is 5.11 Å². The molecule has 1 fully saturated rings. The van der Waals surface area contributed by atoms with Gasteiger partial charge in [-0.05, 0) is 63.5 Å². The average Bonchev–Trinajstić information content (AvgIpc) is 2.55. The predicted molar refractivity (Wildman–Crippen MR) is 86.9 cm³/mol. The van der Waals surface area contributed by atoms with Crippen LogP contribution in [0.2, 0.25) is 0 Å². The minimum absolute atomic E-state index is 0.169. The van der Waals surface area contributed by atoms with E-state index in [0.29, 0.717) is 0 Å². The zero-order valence-electron chi connectivity index (χ0n) is 13.9. The number of piperidine rings is 1. The highest BCUT2D eigenvalue weighted by Gasteiger charge is 2.50. The molecule has 3 nitrogen and oxygen atoms in total. The Bertz CT molecular complexity index is 460. The van der Waals surface area contributed by atoms with Gasteiger partial charge in [-0.25, -0.2) is 0 Å². The second kappa shape index (κ2) is 6.37. The van der Waals surface area contributed by atoms with Gasteiger partial charge in [-0.1, -0.05) is 26.0 Å². The number of ether oxygens (including phenoxy) is 1. The van der Waals surface area contributed by atoms with Crippen molar-refractivity contribution in [2.24, 2.45) is 0 Å². The van der Waals surface area contributed by atoms with Crippen molar-refractivity contribution in [1.29, 1.82) is 0 Å². The molecule has 1 saturated heterocycles. The number of likely N-dealkylation sites (tertiary alicyclic amines) is 1. The van der Waals surface area contributed by atoms with Crippen LogP contribution in [0.5, 0.6) is 5.75 Å². The number of aliphatic hydroxyl groups is 1. The maximum Gasteiger partial charge on any atom is 0.119 e. The highest BCUT2D eigenvalue weighted by Crippen LogP contribution is 2.48. The van der Waals surface area contributed by atoms with E-state index in [1.807, 2.05) is 12.1 Å². The van der Waals surface area contributed by atoms with Gasteiger partial charge < -0.3 is 14.7 Å². The third-order valence-electron chi connectivity index (χ3n) is 5.52. The van der Waals surface area contributed by atoms with Gasteiger partial charge in [-0.15, -0.1) is 0 Å². The van der Waals surface area contributed by atoms with Gasteiger partial charge in [-0.3, -0.25) is 0 Å². The number of methoxy groups -OCH3 is 1. The summed E-state index contributed by atoms with van der Waals surface area (Å²) < 4.78 is 5.40. The molecule has 1 heterocycles. The molecule has 0 unspecified atom stereocenters. The molecule has 0 spiro atoms. The number of benzene rings is 1. The molecule has 1 N–H and O–H groups in total. The average molecular weight is 291 g/mol. The fourth-order valence-corrected chi connectivity index (χ4v) is 3.87. The quantitative estimate of drug-likeness (QED) is 0.904. The van der Waals surface area contributed by atoms with E-state index in [4.69, 9.17) is 4.74 Å². The summed E-state index contributed by atoms with van der Waals surface area (Å²) in [7, 11) is 3.86. The van der Waals surface area contributed by atoms with Crippen molar-refractivity contribution >= 4 is 0 Å². The third-order valence-corrected chi connectivity index (χ3v) is 5.52. The second-order valence-electron chi connectivity index (χ2n) is 6.36. The van der Waals surface area contributed by atoms with Crippen LogP contribution in [0.1, 0.15) is 45.1 Å². The van der Waals surface area contributed by atoms with Crippen LogP contribution >= 0.6 is 0 Å². The SMILES string of the molecule is CCC(O)(CC)C1(c2cccc(OC)c2)CCN(C)CC1. The summed E-state index contributed by atoms with van der Waals surface area (Å²) in [5.74, 6) is 0.875. The molecule has 2 rings (SSSR count). The smallest absolute Gasteiger partial charge is 0.119 e. The zero-order valence-corrected chi connectivity index (χ0v) is 13.9. The summed E-state index contributed by atoms with van der Waals surface area (Å²) >= 11 is 0. The van der Waals surface area contributed by atoms with Gasteiger partial charge in [0.25, 0.3) is 0 Å². The van der Waals surface area contributed by atoms with E-state index in [-0.39, 0.29) is 5.41 Å². The van der Waals surface area contributed by atoms with Crippen LogP contribution < -0.4 is 4.74 Å². The first-order chi connectivity index (χ1) is 10.0. The lowest BCUT2D eigenvalue weighted by Gasteiger charge is -2.51. The van der Waals surface area contributed by atoms with Gasteiger partial charge in [0, 0.05) is 5.41 Å². The zero-order chi connectivity index (χ0) is 15.5. The van der Waals surface area contributed by atoms with E-state index in [0.717, 1.165) is 44.5 Å². The van der Waals surface area contributed by atoms with Gasteiger partial charge in [0.2, 0.25) is 0 Å². The fourth-order valence-electron chi connectivity index (χ4n) is 3.87. The minimum Gasteiger partial charge on any atom is -0.497 e. The normalized spacial score (nSPS) is 19.5. The first-order valence-corrected chi connectivity index (χ1v) is 8.07. The Morgan fingerprint density at radius 3 is 2.38 bits per heavy atom. The number of rotatable bonds is 5. The molecule has 0 aliphatic carbocycles. The lowest BCUT2D eigenvalue weighted by Crippen LogP contribution is -2.56. The molecule has 0 amide bonds. The van der Waals surface area contributed by atoms with E-state index >= 15 is 0 Å². The first kappa shape index (κ1) is 16.3. The van der Waals surface area contributed by atoms with Crippen molar-refractivity contribution in [3.8, 4) is 5.75 Å². The van der Waals surface area contributed by atoms with Crippen molar-refractivity contribution in [3.63, 3.8) is 0 Å². The molecule has 0 saturated carbocycles. The van der Waals surface area contributed by atoms with Crippen LogP contribution in [0.15, 0.2) is 24.3 Å². The maximum absolute atomic E-state index is 11.3. The van der Waals surface area contributed by atoms with E-state index in [1.54, 1.807) is 7.11 Å². The Morgan fingerprint density at radius 1 is 1.24 bits per heavy atom. The lowest BCUT2D eigenvalue weighted by atomic mass is 9.60. The van der Waals surface area contributed by atoms with Crippen LogP contribution in [0.4, 0.5) is 0 Å². The standard InChI is InChI=1S/C18H29NO2/c1-5-18(20,6-2)17(10-12-19(3)13-11-17)15-8-7-9-16(14-15)21-4/h7-9,14,20H,5-6,10-13H2,1-4H3. The molecule has 1 aliphatic heterocycles. The number of hydrogen-bond donors (Lipinski definition) is 1. The summed E-state index contributed by atoms with van der Waals surface area (Å²) in [6.07, 6.45) is 3.55. The molecular formula is C18H29NO2. The molecule has 3 heteroatoms. The Kier molecular flexibility index (Phi) is 4.95. The highest BCUT2D eigenvalue weighted by atomic mass is 16.5. The Hall–Kier alpha value is -1.06. The summed E-state index contributed by atoms with van der Waals surface area (Å²) in [6, 6.07) is 8.29. The molecule has 0 bridgehead atoms. The summed E-state index contributed by atoms with van der Waals surface area (Å²) in [6.45, 7) is 6.26. The van der Waals surface area contributed by atoms with Crippen molar-refractivity contribution in [1.82, 2.24) is 4.90 Å². The molecule has 0 radical (unpaired) electrons. The van der Waals surface area contributed by atoms with Crippen LogP contribution in [0, 0.1) is 0 Å². The van der Waals surface area contributed by atoms with Crippen molar-refractivity contribution in [3.05, 3.63) is 29.8 Å². The predicted octanol–water partition coefficient (Wildman–Crippen LogP) is 3.21. The van der Waals surface area contributed by atoms with Crippen molar-refractivity contribution in [2.75, 3.05) is 27.2 Å². The Morgan fingerprint density at radius 2 is 1.86 bits per heavy atom. The summed E-state index contributed by atoms with van der Waals surface area (Å²) in [5, 5.41) is 11.3. The Balaban J connectivity index is 2.50. The summed E-state index contributed by atoms with van der Waals surface area (Å²) in [5.41, 5.74) is 0.402. The van der Waals surface area contributed by atoms with Gasteiger partial charge >= 0.3 is 0 Å². The highest BCUT2D eigenvalue weighted by molar-refractivity contribution is 5.37. The first-order valence-electron chi connectivity index (χ1n) is 8.07. The van der Waals surface area contributed by atoms with Crippen molar-refractivity contribution < 1.29 is 9.84 Å². The van der Waals surface area contributed by atoms with Crippen molar-refractivity contribution in [2.45, 2.75) is 50.5 Å². The molecule has 0 aromatic heterocycles. The number of hydrogen-bond acceptors (Lipinski definition) is 3. The van der Waals surface area contributed by atoms with E-state index in [1.165, 1.54) is 5.56 Å². The largest absolute Gasteiger partial charge is 0.497 e. The molecule has 1 aromatic carbocycles. The van der Waals surface area contributed by atoms with Crippen LogP contribution in [0.25, 0.3) is 0 Å². The summed E-state index contributed by atoms with van der Waals surface area (Å²) in [4.78, 5) is 2.35.